The van der Waals surface area contributed by atoms with Crippen LogP contribution in [-0.2, 0) is 6.54 Å². The van der Waals surface area contributed by atoms with Crippen molar-refractivity contribution in [2.24, 2.45) is 0 Å². The molecule has 0 saturated carbocycles. The molecule has 0 saturated heterocycles. The molecule has 4 heteroatoms. The van der Waals surface area contributed by atoms with Crippen molar-refractivity contribution < 1.29 is 4.42 Å². The molecule has 1 N–H and O–H groups in total. The molecule has 1 heterocycles. The third kappa shape index (κ3) is 3.95. The highest BCUT2D eigenvalue weighted by Crippen LogP contribution is 2.13. The van der Waals surface area contributed by atoms with Gasteiger partial charge in [-0.25, -0.2) is 0 Å². The number of rotatable bonds is 6. The molecule has 1 aromatic heterocycles. The molecule has 0 bridgehead atoms. The molecule has 1 atom stereocenters. The lowest BCUT2D eigenvalue weighted by Crippen LogP contribution is -2.29. The summed E-state index contributed by atoms with van der Waals surface area (Å²) in [5.41, 5.74) is 0. The lowest BCUT2D eigenvalue weighted by atomic mass is 10.2. The molecule has 0 aliphatic carbocycles. The number of hydrogen-bond donors (Lipinski definition) is 1. The molecule has 1 unspecified atom stereocenters. The number of hydrogen-bond acceptors (Lipinski definition) is 3. The number of thioether (sulfide) groups is 1. The number of nitrogens with one attached hydrogen (secondary N) is 1. The predicted octanol–water partition coefficient (Wildman–Crippen LogP) is 3.16. The summed E-state index contributed by atoms with van der Waals surface area (Å²) in [6.45, 7) is 2.94. The highest BCUT2D eigenvalue weighted by atomic mass is 35.5. The number of furan rings is 1. The van der Waals surface area contributed by atoms with Crippen LogP contribution in [0.25, 0.3) is 0 Å². The minimum Gasteiger partial charge on any atom is -0.448 e. The number of halogens is 1. The predicted molar refractivity (Wildman–Crippen MR) is 63.0 cm³/mol. The normalized spacial score (nSPS) is 13.1. The molecule has 0 amide bonds. The molecule has 0 aromatic carbocycles. The summed E-state index contributed by atoms with van der Waals surface area (Å²) in [5, 5.41) is 3.88. The van der Waals surface area contributed by atoms with Gasteiger partial charge in [-0.2, -0.15) is 11.8 Å². The lowest BCUT2D eigenvalue weighted by molar-refractivity contribution is 0.454. The van der Waals surface area contributed by atoms with Crippen LogP contribution in [-0.4, -0.2) is 18.1 Å². The third-order valence-electron chi connectivity index (χ3n) is 2.05. The van der Waals surface area contributed by atoms with Gasteiger partial charge in [0, 0.05) is 11.8 Å². The third-order valence-corrected chi connectivity index (χ3v) is 2.99. The fourth-order valence-corrected chi connectivity index (χ4v) is 2.13. The standard InChI is InChI=1S/C10H16ClNOS/c1-3-8(7-14-2)12-6-9-4-5-10(11)13-9/h4-5,8,12H,3,6-7H2,1-2H3. The van der Waals surface area contributed by atoms with Crippen LogP contribution in [0.15, 0.2) is 16.5 Å². The molecule has 0 spiro atoms. The van der Waals surface area contributed by atoms with Crippen LogP contribution in [0.3, 0.4) is 0 Å². The van der Waals surface area contributed by atoms with E-state index >= 15 is 0 Å². The fraction of sp³-hybridized carbons (Fsp3) is 0.600. The maximum Gasteiger partial charge on any atom is 0.193 e. The van der Waals surface area contributed by atoms with E-state index in [9.17, 15) is 0 Å². The van der Waals surface area contributed by atoms with Crippen molar-refractivity contribution in [3.8, 4) is 0 Å². The summed E-state index contributed by atoms with van der Waals surface area (Å²) in [4.78, 5) is 0. The summed E-state index contributed by atoms with van der Waals surface area (Å²) in [5.74, 6) is 2.03. The molecule has 0 fully saturated rings. The van der Waals surface area contributed by atoms with E-state index in [0.717, 1.165) is 24.5 Å². The summed E-state index contributed by atoms with van der Waals surface area (Å²) < 4.78 is 5.25. The van der Waals surface area contributed by atoms with Crippen LogP contribution in [0.5, 0.6) is 0 Å². The van der Waals surface area contributed by atoms with Crippen molar-refractivity contribution in [1.82, 2.24) is 5.32 Å². The van der Waals surface area contributed by atoms with E-state index in [2.05, 4.69) is 18.5 Å². The Balaban J connectivity index is 2.31. The van der Waals surface area contributed by atoms with Crippen molar-refractivity contribution in [3.05, 3.63) is 23.1 Å². The average molecular weight is 234 g/mol. The Morgan fingerprint density at radius 2 is 2.36 bits per heavy atom. The van der Waals surface area contributed by atoms with Gasteiger partial charge in [0.2, 0.25) is 0 Å². The summed E-state index contributed by atoms with van der Waals surface area (Å²) in [6.07, 6.45) is 3.25. The smallest absolute Gasteiger partial charge is 0.193 e. The van der Waals surface area contributed by atoms with E-state index in [-0.39, 0.29) is 0 Å². The molecule has 2 nitrogen and oxygen atoms in total. The highest BCUT2D eigenvalue weighted by molar-refractivity contribution is 7.98. The van der Waals surface area contributed by atoms with Crippen LogP contribution in [0.4, 0.5) is 0 Å². The van der Waals surface area contributed by atoms with Gasteiger partial charge in [-0.05, 0) is 36.4 Å². The Bertz CT molecular complexity index is 264. The van der Waals surface area contributed by atoms with Crippen molar-refractivity contribution in [2.75, 3.05) is 12.0 Å². The van der Waals surface area contributed by atoms with Crippen molar-refractivity contribution in [1.29, 1.82) is 0 Å². The Morgan fingerprint density at radius 1 is 1.57 bits per heavy atom. The van der Waals surface area contributed by atoms with Gasteiger partial charge in [-0.1, -0.05) is 6.92 Å². The van der Waals surface area contributed by atoms with E-state index in [1.165, 1.54) is 0 Å². The second-order valence-corrected chi connectivity index (χ2v) is 4.43. The molecule has 0 aliphatic heterocycles. The van der Waals surface area contributed by atoms with E-state index < -0.39 is 0 Å². The molecular weight excluding hydrogens is 218 g/mol. The first-order valence-corrected chi connectivity index (χ1v) is 6.50. The van der Waals surface area contributed by atoms with Gasteiger partial charge in [-0.3, -0.25) is 0 Å². The van der Waals surface area contributed by atoms with Crippen LogP contribution < -0.4 is 5.32 Å². The average Bonchev–Trinajstić information content (AvgIpc) is 2.59. The topological polar surface area (TPSA) is 25.2 Å². The van der Waals surface area contributed by atoms with Gasteiger partial charge in [0.15, 0.2) is 5.22 Å². The van der Waals surface area contributed by atoms with E-state index in [1.54, 1.807) is 6.07 Å². The minimum absolute atomic E-state index is 0.458. The zero-order valence-electron chi connectivity index (χ0n) is 8.55. The Morgan fingerprint density at radius 3 is 2.86 bits per heavy atom. The van der Waals surface area contributed by atoms with E-state index in [1.807, 2.05) is 17.8 Å². The zero-order valence-corrected chi connectivity index (χ0v) is 10.1. The Labute approximate surface area is 94.4 Å². The first-order chi connectivity index (χ1) is 6.76. The molecule has 0 radical (unpaired) electrons. The van der Waals surface area contributed by atoms with Crippen LogP contribution in [0.2, 0.25) is 5.22 Å². The van der Waals surface area contributed by atoms with Crippen molar-refractivity contribution in [2.45, 2.75) is 25.9 Å². The van der Waals surface area contributed by atoms with Crippen molar-refractivity contribution >= 4 is 23.4 Å². The molecule has 14 heavy (non-hydrogen) atoms. The summed E-state index contributed by atoms with van der Waals surface area (Å²) in [7, 11) is 0. The van der Waals surface area contributed by atoms with Crippen LogP contribution in [0.1, 0.15) is 19.1 Å². The van der Waals surface area contributed by atoms with Crippen molar-refractivity contribution in [3.63, 3.8) is 0 Å². The maximum absolute atomic E-state index is 5.67. The quantitative estimate of drug-likeness (QED) is 0.817. The fourth-order valence-electron chi connectivity index (χ4n) is 1.21. The van der Waals surface area contributed by atoms with Gasteiger partial charge >= 0.3 is 0 Å². The molecule has 80 valence electrons. The SMILES string of the molecule is CCC(CSC)NCc1ccc(Cl)o1. The maximum atomic E-state index is 5.67. The van der Waals surface area contributed by atoms with Gasteiger partial charge in [0.05, 0.1) is 6.54 Å². The highest BCUT2D eigenvalue weighted by Gasteiger charge is 2.06. The molecule has 0 aliphatic rings. The second kappa shape index (κ2) is 6.38. The first-order valence-electron chi connectivity index (χ1n) is 4.72. The minimum atomic E-state index is 0.458. The first kappa shape index (κ1) is 12.0. The largest absolute Gasteiger partial charge is 0.448 e. The van der Waals surface area contributed by atoms with E-state index in [4.69, 9.17) is 16.0 Å². The Hall–Kier alpha value is -0.120. The Kier molecular flexibility index (Phi) is 5.45. The molecule has 1 rings (SSSR count). The molecular formula is C10H16ClNOS. The second-order valence-electron chi connectivity index (χ2n) is 3.15. The lowest BCUT2D eigenvalue weighted by Gasteiger charge is -2.14. The summed E-state index contributed by atoms with van der Waals surface area (Å²) >= 11 is 7.53. The van der Waals surface area contributed by atoms with E-state index in [0.29, 0.717) is 11.3 Å². The van der Waals surface area contributed by atoms with Gasteiger partial charge < -0.3 is 9.73 Å². The van der Waals surface area contributed by atoms with Crippen LogP contribution in [0, 0.1) is 0 Å². The summed E-state index contributed by atoms with van der Waals surface area (Å²) in [6, 6.07) is 4.23. The zero-order chi connectivity index (χ0) is 10.4. The van der Waals surface area contributed by atoms with Gasteiger partial charge in [-0.15, -0.1) is 0 Å². The molecule has 1 aromatic rings. The van der Waals surface area contributed by atoms with Gasteiger partial charge in [0.1, 0.15) is 5.76 Å². The van der Waals surface area contributed by atoms with Gasteiger partial charge in [0.25, 0.3) is 0 Å². The van der Waals surface area contributed by atoms with Crippen LogP contribution >= 0.6 is 23.4 Å². The monoisotopic (exact) mass is 233 g/mol.